The number of piperidine rings is 1. The van der Waals surface area contributed by atoms with Crippen LogP contribution in [0.2, 0.25) is 0 Å². The van der Waals surface area contributed by atoms with Gasteiger partial charge in [0.05, 0.1) is 5.00 Å². The van der Waals surface area contributed by atoms with Gasteiger partial charge in [-0.3, -0.25) is 14.5 Å². The largest absolute Gasteiger partial charge is 0.470 e. The lowest BCUT2D eigenvalue weighted by Crippen LogP contribution is -2.38. The Hall–Kier alpha value is -2.03. The van der Waals surface area contributed by atoms with Crippen molar-refractivity contribution in [3.05, 3.63) is 47.3 Å². The van der Waals surface area contributed by atoms with Crippen LogP contribution in [0.4, 0.5) is 5.00 Å². The number of hydrogen-bond acceptors (Lipinski definition) is 6. The number of primary amides is 1. The molecule has 0 radical (unpaired) electrons. The average molecular weight is 490 g/mol. The van der Waals surface area contributed by atoms with Crippen LogP contribution in [0.5, 0.6) is 5.75 Å². The second-order valence-electron chi connectivity index (χ2n) is 8.46. The molecule has 1 aliphatic rings. The predicted octanol–water partition coefficient (Wildman–Crippen LogP) is 4.88. The maximum atomic E-state index is 12.3. The minimum absolute atomic E-state index is 0.0129. The van der Waals surface area contributed by atoms with E-state index < -0.39 is 11.3 Å². The second-order valence-corrected chi connectivity index (χ2v) is 10.8. The van der Waals surface area contributed by atoms with Gasteiger partial charge in [-0.05, 0) is 67.6 Å². The summed E-state index contributed by atoms with van der Waals surface area (Å²) in [5, 5.41) is 2.89. The van der Waals surface area contributed by atoms with E-state index in [4.69, 9.17) is 10.5 Å². The normalized spacial score (nSPS) is 16.2. The van der Waals surface area contributed by atoms with Crippen LogP contribution < -0.4 is 15.4 Å². The lowest BCUT2D eigenvalue weighted by Gasteiger charge is -2.28. The summed E-state index contributed by atoms with van der Waals surface area (Å²) >= 11 is 2.94. The summed E-state index contributed by atoms with van der Waals surface area (Å²) in [6.07, 6.45) is 5.59. The fraction of sp³-hybridized carbons (Fsp3) is 0.520. The van der Waals surface area contributed by atoms with Gasteiger partial charge in [0.2, 0.25) is 11.3 Å². The van der Waals surface area contributed by atoms with E-state index in [0.29, 0.717) is 12.3 Å². The summed E-state index contributed by atoms with van der Waals surface area (Å²) in [5.41, 5.74) is 6.09. The lowest BCUT2D eigenvalue weighted by atomic mass is 10.1. The minimum atomic E-state index is -0.816. The zero-order chi connectivity index (χ0) is 23.6. The van der Waals surface area contributed by atoms with Crippen LogP contribution in [0.15, 0.2) is 41.8 Å². The van der Waals surface area contributed by atoms with Gasteiger partial charge >= 0.3 is 0 Å². The Bertz CT molecular complexity index is 885. The van der Waals surface area contributed by atoms with Crippen LogP contribution in [-0.2, 0) is 16.1 Å². The number of likely N-dealkylation sites (tertiary alicyclic amines) is 1. The van der Waals surface area contributed by atoms with Gasteiger partial charge in [-0.25, -0.2) is 0 Å². The zero-order valence-electron chi connectivity index (χ0n) is 19.6. The third kappa shape index (κ3) is 8.05. The van der Waals surface area contributed by atoms with Gasteiger partial charge in [-0.1, -0.05) is 31.9 Å². The number of hydrogen-bond donors (Lipinski definition) is 1. The number of thioether (sulfide) groups is 1. The van der Waals surface area contributed by atoms with Crippen LogP contribution in [0.3, 0.4) is 0 Å². The molecule has 2 unspecified atom stereocenters. The number of amides is 2. The van der Waals surface area contributed by atoms with Crippen molar-refractivity contribution in [2.75, 3.05) is 24.5 Å². The maximum absolute atomic E-state index is 12.3. The van der Waals surface area contributed by atoms with Crippen molar-refractivity contribution in [1.29, 1.82) is 0 Å². The molecule has 180 valence electrons. The first-order valence-electron chi connectivity index (χ1n) is 11.7. The summed E-state index contributed by atoms with van der Waals surface area (Å²) in [6, 6.07) is 11.8. The SMILES string of the molecule is CCCC(CN(C(C)=O)c1cccs1)SC(Oc1cccc(CN2CCCCC2)c1)C(N)=O. The van der Waals surface area contributed by atoms with Gasteiger partial charge in [0.1, 0.15) is 5.75 Å². The highest BCUT2D eigenvalue weighted by molar-refractivity contribution is 8.01. The van der Waals surface area contributed by atoms with Crippen molar-refractivity contribution in [3.63, 3.8) is 0 Å². The molecule has 0 aliphatic carbocycles. The number of nitrogens with two attached hydrogens (primary N) is 1. The van der Waals surface area contributed by atoms with Crippen LogP contribution in [0.1, 0.15) is 51.5 Å². The molecule has 8 heteroatoms. The molecule has 0 saturated carbocycles. The fourth-order valence-corrected chi connectivity index (χ4v) is 6.11. The number of rotatable bonds is 12. The fourth-order valence-electron chi connectivity index (χ4n) is 4.07. The second kappa shape index (κ2) is 13.0. The Morgan fingerprint density at radius 2 is 2.00 bits per heavy atom. The summed E-state index contributed by atoms with van der Waals surface area (Å²) in [5.74, 6) is 0.131. The van der Waals surface area contributed by atoms with E-state index in [0.717, 1.165) is 37.5 Å². The summed E-state index contributed by atoms with van der Waals surface area (Å²) in [7, 11) is 0. The Labute approximate surface area is 205 Å². The highest BCUT2D eigenvalue weighted by atomic mass is 32.2. The van der Waals surface area contributed by atoms with Crippen molar-refractivity contribution >= 4 is 39.9 Å². The topological polar surface area (TPSA) is 75.9 Å². The molecule has 33 heavy (non-hydrogen) atoms. The number of thiophene rings is 1. The molecule has 2 atom stereocenters. The quantitative estimate of drug-likeness (QED) is 0.430. The third-order valence-corrected chi connectivity index (χ3v) is 7.93. The highest BCUT2D eigenvalue weighted by Gasteiger charge is 2.26. The molecule has 2 heterocycles. The smallest absolute Gasteiger partial charge is 0.269 e. The Balaban J connectivity index is 1.67. The molecule has 0 spiro atoms. The van der Waals surface area contributed by atoms with Crippen LogP contribution in [0, 0.1) is 0 Å². The van der Waals surface area contributed by atoms with Gasteiger partial charge in [0, 0.05) is 25.3 Å². The number of ether oxygens (including phenoxy) is 1. The van der Waals surface area contributed by atoms with Crippen LogP contribution >= 0.6 is 23.1 Å². The molecule has 6 nitrogen and oxygen atoms in total. The molecule has 1 aliphatic heterocycles. The number of anilines is 1. The number of carbonyl (C=O) groups excluding carboxylic acids is 2. The van der Waals surface area contributed by atoms with Crippen molar-refractivity contribution in [1.82, 2.24) is 4.90 Å². The minimum Gasteiger partial charge on any atom is -0.470 e. The lowest BCUT2D eigenvalue weighted by molar-refractivity contribution is -0.121. The van der Waals surface area contributed by atoms with Gasteiger partial charge in [-0.15, -0.1) is 23.1 Å². The number of benzene rings is 1. The third-order valence-electron chi connectivity index (χ3n) is 5.69. The van der Waals surface area contributed by atoms with Crippen molar-refractivity contribution in [3.8, 4) is 5.75 Å². The molecule has 1 fully saturated rings. The summed E-state index contributed by atoms with van der Waals surface area (Å²) in [4.78, 5) is 28.8. The highest BCUT2D eigenvalue weighted by Crippen LogP contribution is 2.29. The van der Waals surface area contributed by atoms with Gasteiger partial charge in [0.15, 0.2) is 0 Å². The van der Waals surface area contributed by atoms with E-state index in [9.17, 15) is 9.59 Å². The first-order chi connectivity index (χ1) is 16.0. The number of carbonyl (C=O) groups is 2. The van der Waals surface area contributed by atoms with Gasteiger partial charge in [0.25, 0.3) is 5.91 Å². The van der Waals surface area contributed by atoms with E-state index in [2.05, 4.69) is 17.9 Å². The van der Waals surface area contributed by atoms with Crippen molar-refractivity contribution in [2.45, 2.75) is 63.2 Å². The van der Waals surface area contributed by atoms with Crippen molar-refractivity contribution in [2.24, 2.45) is 5.73 Å². The Morgan fingerprint density at radius 1 is 1.21 bits per heavy atom. The summed E-state index contributed by atoms with van der Waals surface area (Å²) < 4.78 is 6.08. The summed E-state index contributed by atoms with van der Waals surface area (Å²) in [6.45, 7) is 7.32. The van der Waals surface area contributed by atoms with Gasteiger partial charge in [-0.2, -0.15) is 0 Å². The molecular weight excluding hydrogens is 454 g/mol. The predicted molar refractivity (Wildman–Crippen MR) is 138 cm³/mol. The average Bonchev–Trinajstić information content (AvgIpc) is 3.32. The van der Waals surface area contributed by atoms with Crippen molar-refractivity contribution < 1.29 is 14.3 Å². The van der Waals surface area contributed by atoms with Gasteiger partial charge < -0.3 is 15.4 Å². The first-order valence-corrected chi connectivity index (χ1v) is 13.5. The monoisotopic (exact) mass is 489 g/mol. The Morgan fingerprint density at radius 3 is 2.64 bits per heavy atom. The molecular formula is C25H35N3O3S2. The van der Waals surface area contributed by atoms with E-state index in [1.54, 1.807) is 11.8 Å². The van der Waals surface area contributed by atoms with E-state index in [1.807, 2.05) is 35.7 Å². The molecule has 1 saturated heterocycles. The molecule has 0 bridgehead atoms. The molecule has 3 rings (SSSR count). The van der Waals surface area contributed by atoms with E-state index in [1.165, 1.54) is 47.9 Å². The van der Waals surface area contributed by atoms with E-state index >= 15 is 0 Å². The maximum Gasteiger partial charge on any atom is 0.269 e. The number of nitrogens with zero attached hydrogens (tertiary/aromatic N) is 2. The first kappa shape index (κ1) is 25.6. The molecule has 2 N–H and O–H groups in total. The molecule has 2 amide bonds. The van der Waals surface area contributed by atoms with Crippen LogP contribution in [0.25, 0.3) is 0 Å². The van der Waals surface area contributed by atoms with E-state index in [-0.39, 0.29) is 11.2 Å². The Kier molecular flexibility index (Phi) is 10.1. The van der Waals surface area contributed by atoms with Crippen LogP contribution in [-0.4, -0.2) is 47.0 Å². The molecule has 1 aromatic heterocycles. The zero-order valence-corrected chi connectivity index (χ0v) is 21.2. The molecule has 2 aromatic rings. The standard InChI is InChI=1S/C25H35N3O3S2/c1-3-9-22(18-28(19(2)29)23-12-8-15-32-23)33-25(24(26)30)31-21-11-7-10-20(16-21)17-27-13-5-4-6-14-27/h7-8,10-12,15-16,22,25H,3-6,9,13-14,17-18H2,1-2H3,(H2,26,30). The molecule has 1 aromatic carbocycles.